The molecule has 302 valence electrons. The first-order chi connectivity index (χ1) is 31.8. The van der Waals surface area contributed by atoms with E-state index in [-0.39, 0.29) is 0 Å². The quantitative estimate of drug-likeness (QED) is 0.145. The summed E-state index contributed by atoms with van der Waals surface area (Å²) in [5, 5.41) is 4.85. The second-order valence-corrected chi connectivity index (χ2v) is 16.1. The molecule has 0 amide bonds. The van der Waals surface area contributed by atoms with Crippen LogP contribution in [0.15, 0.2) is 249 Å². The lowest BCUT2D eigenvalue weighted by molar-refractivity contribution is 1.17. The van der Waals surface area contributed by atoms with Gasteiger partial charge in [-0.25, -0.2) is 4.98 Å². The normalized spacial score (nSPS) is 11.4. The van der Waals surface area contributed by atoms with E-state index >= 15 is 0 Å². The predicted molar refractivity (Wildman–Crippen MR) is 268 cm³/mol. The van der Waals surface area contributed by atoms with E-state index in [0.717, 1.165) is 62.3 Å². The summed E-state index contributed by atoms with van der Waals surface area (Å²) in [6.45, 7) is 0. The Bertz CT molecular complexity index is 3340. The van der Waals surface area contributed by atoms with Gasteiger partial charge in [0.1, 0.15) is 5.82 Å². The van der Waals surface area contributed by atoms with E-state index in [0.29, 0.717) is 0 Å². The molecular weight excluding hydrogens is 779 g/mol. The van der Waals surface area contributed by atoms with Crippen LogP contribution in [0.3, 0.4) is 0 Å². The van der Waals surface area contributed by atoms with Crippen molar-refractivity contribution in [3.05, 3.63) is 249 Å². The first-order valence-electron chi connectivity index (χ1n) is 21.7. The monoisotopic (exact) mass is 819 g/mol. The lowest BCUT2D eigenvalue weighted by Crippen LogP contribution is -2.11. The van der Waals surface area contributed by atoms with Crippen molar-refractivity contribution in [3.8, 4) is 22.5 Å². The van der Waals surface area contributed by atoms with Crippen molar-refractivity contribution in [2.24, 2.45) is 0 Å². The minimum absolute atomic E-state index is 0.856. The van der Waals surface area contributed by atoms with Crippen LogP contribution in [0.25, 0.3) is 66.1 Å². The van der Waals surface area contributed by atoms with Gasteiger partial charge in [0.25, 0.3) is 0 Å². The van der Waals surface area contributed by atoms with E-state index in [9.17, 15) is 0 Å². The molecule has 12 aromatic rings. The van der Waals surface area contributed by atoms with Crippen molar-refractivity contribution < 1.29 is 0 Å². The molecule has 64 heavy (non-hydrogen) atoms. The van der Waals surface area contributed by atoms with E-state index in [4.69, 9.17) is 4.98 Å². The molecule has 0 atom stereocenters. The van der Waals surface area contributed by atoms with Gasteiger partial charge in [0.2, 0.25) is 0 Å². The zero-order valence-electron chi connectivity index (χ0n) is 34.9. The van der Waals surface area contributed by atoms with Crippen molar-refractivity contribution in [2.75, 3.05) is 9.80 Å². The lowest BCUT2D eigenvalue weighted by Gasteiger charge is -2.26. The number of aromatic nitrogens is 3. The summed E-state index contributed by atoms with van der Waals surface area (Å²) in [5.74, 6) is 0.856. The minimum Gasteiger partial charge on any atom is -0.310 e. The molecule has 12 rings (SSSR count). The Morgan fingerprint density at radius 2 is 0.672 bits per heavy atom. The molecule has 0 spiro atoms. The van der Waals surface area contributed by atoms with Crippen LogP contribution in [0.2, 0.25) is 0 Å². The summed E-state index contributed by atoms with van der Waals surface area (Å²) in [7, 11) is 0. The number of benzene rings is 9. The van der Waals surface area contributed by atoms with Gasteiger partial charge >= 0.3 is 0 Å². The van der Waals surface area contributed by atoms with Crippen LogP contribution in [-0.2, 0) is 0 Å². The molecule has 0 aliphatic rings. The van der Waals surface area contributed by atoms with Crippen LogP contribution in [0.4, 0.5) is 34.3 Å². The number of anilines is 6. The summed E-state index contributed by atoms with van der Waals surface area (Å²) in [5.41, 5.74) is 14.7. The van der Waals surface area contributed by atoms with E-state index in [1.54, 1.807) is 0 Å². The number of para-hydroxylation sites is 5. The van der Waals surface area contributed by atoms with Crippen LogP contribution < -0.4 is 9.80 Å². The SMILES string of the molecule is c1ccc(N(c2ccc(-c3ccc(N(c4ccc5c(c4)c4ccccc4n5-c4ccccc4)c4ccccn4)cc3)cc2)c2ccc3c(c2)c2ccccc2n3-c2ccccc2)cc1. The zero-order chi connectivity index (χ0) is 42.4. The summed E-state index contributed by atoms with van der Waals surface area (Å²) >= 11 is 0. The maximum absolute atomic E-state index is 4.85. The molecule has 0 radical (unpaired) electrons. The largest absolute Gasteiger partial charge is 0.310 e. The summed E-state index contributed by atoms with van der Waals surface area (Å²) in [4.78, 5) is 9.44. The zero-order valence-corrected chi connectivity index (χ0v) is 34.9. The fourth-order valence-corrected chi connectivity index (χ4v) is 9.44. The van der Waals surface area contributed by atoms with Crippen molar-refractivity contribution in [1.82, 2.24) is 14.1 Å². The Morgan fingerprint density at radius 1 is 0.281 bits per heavy atom. The van der Waals surface area contributed by atoms with Gasteiger partial charge in [-0.2, -0.15) is 0 Å². The van der Waals surface area contributed by atoms with Gasteiger partial charge < -0.3 is 14.0 Å². The molecule has 9 aromatic carbocycles. The van der Waals surface area contributed by atoms with Crippen molar-refractivity contribution in [1.29, 1.82) is 0 Å². The van der Waals surface area contributed by atoms with Gasteiger partial charge in [0, 0.05) is 67.6 Å². The number of nitrogens with zero attached hydrogens (tertiary/aromatic N) is 5. The van der Waals surface area contributed by atoms with E-state index in [1.807, 2.05) is 18.3 Å². The molecule has 3 heterocycles. The minimum atomic E-state index is 0.856. The number of fused-ring (bicyclic) bond motifs is 6. The molecule has 0 saturated heterocycles. The summed E-state index contributed by atoms with van der Waals surface area (Å²) in [6.07, 6.45) is 1.86. The third kappa shape index (κ3) is 6.38. The second-order valence-electron chi connectivity index (χ2n) is 16.1. The van der Waals surface area contributed by atoms with Gasteiger partial charge in [-0.1, -0.05) is 121 Å². The average molecular weight is 820 g/mol. The molecule has 5 heteroatoms. The van der Waals surface area contributed by atoms with Crippen LogP contribution in [0, 0.1) is 0 Å². The molecule has 0 fully saturated rings. The van der Waals surface area contributed by atoms with Crippen molar-refractivity contribution in [3.63, 3.8) is 0 Å². The average Bonchev–Trinajstić information content (AvgIpc) is 3.88. The Hall–Kier alpha value is -8.67. The topological polar surface area (TPSA) is 29.2 Å². The van der Waals surface area contributed by atoms with E-state index < -0.39 is 0 Å². The second kappa shape index (κ2) is 15.7. The standard InChI is InChI=1S/C59H41N5/c1-4-16-44(17-5-1)61(49-35-37-57-53(40-49)51-22-10-12-24-55(51)63(57)45-18-6-2-7-19-45)47-31-27-42(28-32-47)43-29-33-48(34-30-43)62(59-26-14-15-39-60-59)50-36-38-58-54(41-50)52-23-11-13-25-56(52)64(58)46-20-8-3-9-21-46/h1-41H. The highest BCUT2D eigenvalue weighted by atomic mass is 15.2. The number of pyridine rings is 1. The molecule has 0 saturated carbocycles. The molecule has 0 aliphatic carbocycles. The number of hydrogen-bond donors (Lipinski definition) is 0. The summed E-state index contributed by atoms with van der Waals surface area (Å²) < 4.78 is 4.71. The van der Waals surface area contributed by atoms with Gasteiger partial charge in [-0.3, -0.25) is 4.90 Å². The molecule has 5 nitrogen and oxygen atoms in total. The summed E-state index contributed by atoms with van der Waals surface area (Å²) in [6, 6.07) is 86.6. The number of hydrogen-bond acceptors (Lipinski definition) is 3. The predicted octanol–water partition coefficient (Wildman–Crippen LogP) is 15.9. The van der Waals surface area contributed by atoms with Gasteiger partial charge in [-0.05, 0) is 132 Å². The Balaban J connectivity index is 0.902. The third-order valence-corrected chi connectivity index (χ3v) is 12.3. The van der Waals surface area contributed by atoms with Crippen LogP contribution in [-0.4, -0.2) is 14.1 Å². The van der Waals surface area contributed by atoms with Gasteiger partial charge in [0.15, 0.2) is 0 Å². The maximum Gasteiger partial charge on any atom is 0.137 e. The molecular formula is C59H41N5. The molecule has 0 aliphatic heterocycles. The molecule has 0 N–H and O–H groups in total. The number of rotatable bonds is 9. The van der Waals surface area contributed by atoms with Crippen LogP contribution in [0.5, 0.6) is 0 Å². The van der Waals surface area contributed by atoms with Crippen LogP contribution >= 0.6 is 0 Å². The molecule has 0 bridgehead atoms. The van der Waals surface area contributed by atoms with Gasteiger partial charge in [0.05, 0.1) is 22.1 Å². The smallest absolute Gasteiger partial charge is 0.137 e. The Kier molecular flexibility index (Phi) is 9.08. The van der Waals surface area contributed by atoms with Gasteiger partial charge in [-0.15, -0.1) is 0 Å². The molecule has 0 unspecified atom stereocenters. The first-order valence-corrected chi connectivity index (χ1v) is 21.7. The highest BCUT2D eigenvalue weighted by molar-refractivity contribution is 6.12. The third-order valence-electron chi connectivity index (χ3n) is 12.3. The maximum atomic E-state index is 4.85. The van der Waals surface area contributed by atoms with Crippen molar-refractivity contribution in [2.45, 2.75) is 0 Å². The lowest BCUT2D eigenvalue weighted by atomic mass is 10.0. The van der Waals surface area contributed by atoms with Crippen molar-refractivity contribution >= 4 is 77.9 Å². The van der Waals surface area contributed by atoms with E-state index in [2.05, 4.69) is 249 Å². The van der Waals surface area contributed by atoms with Crippen LogP contribution in [0.1, 0.15) is 0 Å². The highest BCUT2D eigenvalue weighted by Crippen LogP contribution is 2.42. The molecule has 3 aromatic heterocycles. The Morgan fingerprint density at radius 3 is 1.17 bits per heavy atom. The Labute approximate surface area is 371 Å². The highest BCUT2D eigenvalue weighted by Gasteiger charge is 2.20. The fraction of sp³-hybridized carbons (Fsp3) is 0. The first kappa shape index (κ1) is 37.1. The van der Waals surface area contributed by atoms with E-state index in [1.165, 1.54) is 38.1 Å². The fourth-order valence-electron chi connectivity index (χ4n) is 9.44.